The lowest BCUT2D eigenvalue weighted by Gasteiger charge is -2.30. The first-order valence-electron chi connectivity index (χ1n) is 10.7. The van der Waals surface area contributed by atoms with E-state index in [1.165, 1.54) is 12.1 Å². The first-order valence-corrected chi connectivity index (χ1v) is 10.7. The van der Waals surface area contributed by atoms with E-state index in [1.54, 1.807) is 51.1 Å². The molecule has 0 bridgehead atoms. The molecule has 0 aromatic heterocycles. The van der Waals surface area contributed by atoms with Gasteiger partial charge in [0.1, 0.15) is 18.2 Å². The van der Waals surface area contributed by atoms with Crippen molar-refractivity contribution in [1.82, 2.24) is 10.2 Å². The summed E-state index contributed by atoms with van der Waals surface area (Å²) in [4.78, 5) is 25.9. The van der Waals surface area contributed by atoms with Crippen LogP contribution in [0.3, 0.4) is 0 Å². The van der Waals surface area contributed by atoms with Crippen molar-refractivity contribution in [2.45, 2.75) is 57.4 Å². The minimum Gasteiger partial charge on any atom is -0.505 e. The molecular formula is C24H27F3N2O5. The molecule has 34 heavy (non-hydrogen) atoms. The zero-order valence-electron chi connectivity index (χ0n) is 19.1. The van der Waals surface area contributed by atoms with E-state index >= 15 is 8.78 Å². The van der Waals surface area contributed by atoms with Crippen molar-refractivity contribution in [3.05, 3.63) is 65.5 Å². The van der Waals surface area contributed by atoms with Crippen LogP contribution in [0.2, 0.25) is 0 Å². The predicted octanol–water partition coefficient (Wildman–Crippen LogP) is 4.62. The first-order chi connectivity index (χ1) is 15.9. The predicted molar refractivity (Wildman–Crippen MR) is 117 cm³/mol. The third kappa shape index (κ3) is 6.12. The molecule has 0 spiro atoms. The van der Waals surface area contributed by atoms with Crippen molar-refractivity contribution in [3.63, 3.8) is 0 Å². The van der Waals surface area contributed by atoms with Gasteiger partial charge in [0, 0.05) is 0 Å². The average Bonchev–Trinajstić information content (AvgIpc) is 3.00. The molecule has 0 radical (unpaired) electrons. The van der Waals surface area contributed by atoms with Crippen molar-refractivity contribution < 1.29 is 37.3 Å². The normalized spacial score (nSPS) is 19.5. The van der Waals surface area contributed by atoms with Gasteiger partial charge in [0.2, 0.25) is 0 Å². The molecule has 3 rings (SSSR count). The van der Waals surface area contributed by atoms with E-state index in [1.807, 2.05) is 0 Å². The number of hydrogen-bond acceptors (Lipinski definition) is 5. The number of aromatic hydroxyl groups is 1. The average molecular weight is 480 g/mol. The summed E-state index contributed by atoms with van der Waals surface area (Å²) in [7, 11) is 0. The number of phenolic OH excluding ortho intramolecular Hbond substituents is 1. The number of likely N-dealkylation sites (tertiary alicyclic amines) is 1. The molecular weight excluding hydrogens is 453 g/mol. The Labute approximate surface area is 195 Å². The van der Waals surface area contributed by atoms with Crippen LogP contribution in [0.5, 0.6) is 5.75 Å². The van der Waals surface area contributed by atoms with Crippen LogP contribution in [-0.2, 0) is 22.5 Å². The maximum Gasteiger partial charge on any atom is 0.410 e. The standard InChI is InChI=1S/C24H27F3N2O5/c1-23(2,3)34-22(32)29-14-24(26,27)20(17(29)12-16-10-7-11-18(30)19(16)25)28-21(31)33-13-15-8-5-4-6-9-15/h4-11,17,20,30H,12-14H2,1-3H3,(H,28,31)/t17-,20+/m0/s1. The first kappa shape index (κ1) is 25.2. The number of halogens is 3. The molecule has 2 aromatic carbocycles. The van der Waals surface area contributed by atoms with Crippen molar-refractivity contribution in [3.8, 4) is 5.75 Å². The Kier molecular flexibility index (Phi) is 7.28. The van der Waals surface area contributed by atoms with Crippen molar-refractivity contribution in [1.29, 1.82) is 0 Å². The Morgan fingerprint density at radius 1 is 1.15 bits per heavy atom. The minimum absolute atomic E-state index is 0.0966. The van der Waals surface area contributed by atoms with Gasteiger partial charge < -0.3 is 19.9 Å². The molecule has 2 N–H and O–H groups in total. The Morgan fingerprint density at radius 3 is 2.47 bits per heavy atom. The fraction of sp³-hybridized carbons (Fsp3) is 0.417. The summed E-state index contributed by atoms with van der Waals surface area (Å²) in [5.41, 5.74) is -0.404. The quantitative estimate of drug-likeness (QED) is 0.652. The highest BCUT2D eigenvalue weighted by Gasteiger charge is 2.57. The van der Waals surface area contributed by atoms with E-state index in [-0.39, 0.29) is 12.2 Å². The van der Waals surface area contributed by atoms with Gasteiger partial charge in [-0.25, -0.2) is 22.8 Å². The zero-order valence-corrected chi connectivity index (χ0v) is 19.1. The van der Waals surface area contributed by atoms with Crippen molar-refractivity contribution >= 4 is 12.2 Å². The largest absolute Gasteiger partial charge is 0.505 e. The van der Waals surface area contributed by atoms with E-state index in [2.05, 4.69) is 5.32 Å². The number of carbonyl (C=O) groups excluding carboxylic acids is 2. The van der Waals surface area contributed by atoms with Gasteiger partial charge in [0.25, 0.3) is 5.92 Å². The molecule has 2 atom stereocenters. The number of ether oxygens (including phenoxy) is 2. The molecule has 2 amide bonds. The van der Waals surface area contributed by atoms with E-state index < -0.39 is 60.3 Å². The third-order valence-corrected chi connectivity index (χ3v) is 5.22. The number of carbonyl (C=O) groups is 2. The Hall–Kier alpha value is -3.43. The zero-order chi connectivity index (χ0) is 25.1. The fourth-order valence-corrected chi connectivity index (χ4v) is 3.70. The summed E-state index contributed by atoms with van der Waals surface area (Å²) in [6.07, 6.45) is -2.54. The number of rotatable bonds is 5. The molecule has 7 nitrogen and oxygen atoms in total. The van der Waals surface area contributed by atoms with Crippen LogP contribution < -0.4 is 5.32 Å². The van der Waals surface area contributed by atoms with Crippen LogP contribution in [0.1, 0.15) is 31.9 Å². The Balaban J connectivity index is 1.85. The van der Waals surface area contributed by atoms with Gasteiger partial charge in [0.05, 0.1) is 12.6 Å². The summed E-state index contributed by atoms with van der Waals surface area (Å²) in [6, 6.07) is 9.18. The minimum atomic E-state index is -3.55. The lowest BCUT2D eigenvalue weighted by molar-refractivity contribution is -0.0168. The van der Waals surface area contributed by atoms with Crippen LogP contribution in [0.4, 0.5) is 22.8 Å². The van der Waals surface area contributed by atoms with Gasteiger partial charge in [-0.1, -0.05) is 42.5 Å². The van der Waals surface area contributed by atoms with Crippen LogP contribution in [0.15, 0.2) is 48.5 Å². The molecule has 0 aliphatic carbocycles. The number of alkyl halides is 2. The molecule has 0 unspecified atom stereocenters. The van der Waals surface area contributed by atoms with Gasteiger partial charge in [-0.3, -0.25) is 4.90 Å². The van der Waals surface area contributed by atoms with Crippen LogP contribution in [0.25, 0.3) is 0 Å². The Bertz CT molecular complexity index is 1030. The lowest BCUT2D eigenvalue weighted by atomic mass is 9.98. The third-order valence-electron chi connectivity index (χ3n) is 5.22. The van der Waals surface area contributed by atoms with E-state index in [0.29, 0.717) is 5.56 Å². The highest BCUT2D eigenvalue weighted by Crippen LogP contribution is 2.36. The highest BCUT2D eigenvalue weighted by molar-refractivity contribution is 5.71. The number of alkyl carbamates (subject to hydrolysis) is 1. The number of benzene rings is 2. The molecule has 1 fully saturated rings. The lowest BCUT2D eigenvalue weighted by Crippen LogP contribution is -2.52. The van der Waals surface area contributed by atoms with Gasteiger partial charge in [-0.05, 0) is 44.4 Å². The monoisotopic (exact) mass is 480 g/mol. The molecule has 1 heterocycles. The molecule has 10 heteroatoms. The van der Waals surface area contributed by atoms with E-state index in [4.69, 9.17) is 9.47 Å². The summed E-state index contributed by atoms with van der Waals surface area (Å²) >= 11 is 0. The molecule has 0 saturated carbocycles. The molecule has 184 valence electrons. The van der Waals surface area contributed by atoms with E-state index in [9.17, 15) is 19.1 Å². The summed E-state index contributed by atoms with van der Waals surface area (Å²) in [5, 5.41) is 11.8. The van der Waals surface area contributed by atoms with Gasteiger partial charge in [0.15, 0.2) is 11.6 Å². The summed E-state index contributed by atoms with van der Waals surface area (Å²) in [6.45, 7) is 3.56. The molecule has 1 aliphatic rings. The topological polar surface area (TPSA) is 88.1 Å². The number of nitrogens with one attached hydrogen (secondary N) is 1. The second-order valence-corrected chi connectivity index (χ2v) is 9.07. The number of hydrogen-bond donors (Lipinski definition) is 2. The SMILES string of the molecule is CC(C)(C)OC(=O)N1CC(F)(F)[C@H](NC(=O)OCc2ccccc2)[C@@H]1Cc1cccc(O)c1F. The maximum atomic E-state index is 15.0. The van der Waals surface area contributed by atoms with Gasteiger partial charge in [-0.15, -0.1) is 0 Å². The van der Waals surface area contributed by atoms with Crippen LogP contribution in [-0.4, -0.2) is 52.3 Å². The number of amides is 2. The second-order valence-electron chi connectivity index (χ2n) is 9.07. The summed E-state index contributed by atoms with van der Waals surface area (Å²) < 4.78 is 54.9. The van der Waals surface area contributed by atoms with Crippen molar-refractivity contribution in [2.75, 3.05) is 6.54 Å². The second kappa shape index (κ2) is 9.82. The van der Waals surface area contributed by atoms with Gasteiger partial charge in [-0.2, -0.15) is 0 Å². The molecule has 1 aliphatic heterocycles. The molecule has 2 aromatic rings. The van der Waals surface area contributed by atoms with E-state index in [0.717, 1.165) is 11.0 Å². The maximum absolute atomic E-state index is 15.0. The van der Waals surface area contributed by atoms with Gasteiger partial charge >= 0.3 is 12.2 Å². The van der Waals surface area contributed by atoms with Crippen LogP contribution >= 0.6 is 0 Å². The fourth-order valence-electron chi connectivity index (χ4n) is 3.70. The number of phenols is 1. The summed E-state index contributed by atoms with van der Waals surface area (Å²) in [5.74, 6) is -5.20. The highest BCUT2D eigenvalue weighted by atomic mass is 19.3. The number of nitrogens with zero attached hydrogens (tertiary/aromatic N) is 1. The molecule has 1 saturated heterocycles. The smallest absolute Gasteiger partial charge is 0.410 e. The Morgan fingerprint density at radius 2 is 1.82 bits per heavy atom. The van der Waals surface area contributed by atoms with Crippen LogP contribution in [0, 0.1) is 5.82 Å². The van der Waals surface area contributed by atoms with Crippen molar-refractivity contribution in [2.24, 2.45) is 0 Å².